The van der Waals surface area contributed by atoms with Crippen LogP contribution >= 0.6 is 0 Å². The van der Waals surface area contributed by atoms with Crippen molar-refractivity contribution < 1.29 is 14.3 Å². The number of alkyl carbamates (subject to hydrolysis) is 1. The Kier molecular flexibility index (Phi) is 5.53. The highest BCUT2D eigenvalue weighted by molar-refractivity contribution is 6.06. The summed E-state index contributed by atoms with van der Waals surface area (Å²) < 4.78 is 10.5. The molecule has 6 heteroatoms. The molecular weight excluding hydrogens is 330 g/mol. The number of benzene rings is 2. The van der Waals surface area contributed by atoms with Crippen LogP contribution in [0.15, 0.2) is 60.8 Å². The zero-order valence-corrected chi connectivity index (χ0v) is 14.3. The number of allylic oxidation sites excluding steroid dienone is 1. The van der Waals surface area contributed by atoms with Crippen LogP contribution in [0.25, 0.3) is 0 Å². The maximum atomic E-state index is 11.0. The number of ether oxygens (including phenoxy) is 2. The van der Waals surface area contributed by atoms with Gasteiger partial charge in [-0.15, -0.1) is 0 Å². The topological polar surface area (TPSA) is 97.4 Å². The Morgan fingerprint density at radius 3 is 2.42 bits per heavy atom. The van der Waals surface area contributed by atoms with E-state index in [9.17, 15) is 4.79 Å². The third-order valence-electron chi connectivity index (χ3n) is 4.05. The van der Waals surface area contributed by atoms with Crippen LogP contribution in [0.5, 0.6) is 5.75 Å². The lowest BCUT2D eigenvalue weighted by atomic mass is 10.0. The van der Waals surface area contributed by atoms with Gasteiger partial charge in [0.2, 0.25) is 0 Å². The first-order valence-electron chi connectivity index (χ1n) is 8.35. The number of carbonyl (C=O) groups excluding carboxylic acids is 1. The van der Waals surface area contributed by atoms with Crippen molar-refractivity contribution in [3.63, 3.8) is 0 Å². The van der Waals surface area contributed by atoms with Crippen LogP contribution in [-0.2, 0) is 11.2 Å². The van der Waals surface area contributed by atoms with Crippen molar-refractivity contribution in [3.8, 4) is 5.75 Å². The minimum atomic E-state index is -0.394. The predicted molar refractivity (Wildman–Crippen MR) is 99.6 cm³/mol. The maximum absolute atomic E-state index is 11.0. The molecular formula is C20H21N3O3. The summed E-state index contributed by atoms with van der Waals surface area (Å²) in [6.07, 6.45) is 3.34. The first kappa shape index (κ1) is 17.5. The SMILES string of the molecule is N=C(C=CN)c1ccc(Cc2ccc(OC[C@H]3COC(=O)N3)cc2)cc1. The highest BCUT2D eigenvalue weighted by Gasteiger charge is 2.22. The minimum absolute atomic E-state index is 0.103. The largest absolute Gasteiger partial charge is 0.491 e. The lowest BCUT2D eigenvalue weighted by Gasteiger charge is -2.10. The van der Waals surface area contributed by atoms with Gasteiger partial charge in [-0.05, 0) is 47.5 Å². The third kappa shape index (κ3) is 4.63. The second-order valence-corrected chi connectivity index (χ2v) is 6.04. The zero-order valence-electron chi connectivity index (χ0n) is 14.3. The Labute approximate surface area is 152 Å². The van der Waals surface area contributed by atoms with Crippen molar-refractivity contribution >= 4 is 11.8 Å². The Bertz CT molecular complexity index is 798. The molecule has 2 aromatic carbocycles. The number of carbonyl (C=O) groups is 1. The fourth-order valence-electron chi connectivity index (χ4n) is 2.65. The Morgan fingerprint density at radius 2 is 1.85 bits per heavy atom. The molecule has 6 nitrogen and oxygen atoms in total. The quantitative estimate of drug-likeness (QED) is 0.668. The molecule has 0 spiro atoms. The van der Waals surface area contributed by atoms with Gasteiger partial charge in [-0.1, -0.05) is 36.4 Å². The number of nitrogens with one attached hydrogen (secondary N) is 2. The van der Waals surface area contributed by atoms with E-state index in [1.807, 2.05) is 48.5 Å². The van der Waals surface area contributed by atoms with Crippen molar-refractivity contribution in [3.05, 3.63) is 77.5 Å². The first-order valence-corrected chi connectivity index (χ1v) is 8.35. The van der Waals surface area contributed by atoms with Gasteiger partial charge in [-0.25, -0.2) is 4.79 Å². The number of hydrogen-bond donors (Lipinski definition) is 3. The van der Waals surface area contributed by atoms with Gasteiger partial charge < -0.3 is 25.9 Å². The van der Waals surface area contributed by atoms with Gasteiger partial charge in [-0.3, -0.25) is 0 Å². The maximum Gasteiger partial charge on any atom is 0.407 e. The molecule has 0 aliphatic carbocycles. The molecule has 1 heterocycles. The summed E-state index contributed by atoms with van der Waals surface area (Å²) in [5, 5.41) is 10.5. The van der Waals surface area contributed by atoms with E-state index in [1.54, 1.807) is 6.08 Å². The van der Waals surface area contributed by atoms with Gasteiger partial charge in [0.1, 0.15) is 25.0 Å². The van der Waals surface area contributed by atoms with Crippen LogP contribution in [0.4, 0.5) is 4.79 Å². The molecule has 26 heavy (non-hydrogen) atoms. The second kappa shape index (κ2) is 8.20. The van der Waals surface area contributed by atoms with Crippen molar-refractivity contribution in [2.24, 2.45) is 5.73 Å². The summed E-state index contributed by atoms with van der Waals surface area (Å²) in [6.45, 7) is 0.723. The summed E-state index contributed by atoms with van der Waals surface area (Å²) in [4.78, 5) is 11.0. The molecule has 4 N–H and O–H groups in total. The minimum Gasteiger partial charge on any atom is -0.491 e. The zero-order chi connectivity index (χ0) is 18.4. The molecule has 1 amide bonds. The molecule has 1 fully saturated rings. The number of amides is 1. The normalized spacial score (nSPS) is 16.3. The van der Waals surface area contributed by atoms with E-state index < -0.39 is 6.09 Å². The van der Waals surface area contributed by atoms with Gasteiger partial charge in [0.05, 0.1) is 5.71 Å². The third-order valence-corrected chi connectivity index (χ3v) is 4.05. The molecule has 1 aliphatic rings. The van der Waals surface area contributed by atoms with E-state index >= 15 is 0 Å². The van der Waals surface area contributed by atoms with E-state index in [0.717, 1.165) is 23.3 Å². The van der Waals surface area contributed by atoms with Crippen molar-refractivity contribution in [1.29, 1.82) is 5.41 Å². The molecule has 1 aliphatic heterocycles. The van der Waals surface area contributed by atoms with Crippen molar-refractivity contribution in [2.75, 3.05) is 13.2 Å². The Morgan fingerprint density at radius 1 is 1.19 bits per heavy atom. The summed E-state index contributed by atoms with van der Waals surface area (Å²) in [7, 11) is 0. The average Bonchev–Trinajstić information content (AvgIpc) is 3.07. The van der Waals surface area contributed by atoms with E-state index in [-0.39, 0.29) is 6.04 Å². The van der Waals surface area contributed by atoms with Gasteiger partial charge in [0.25, 0.3) is 0 Å². The van der Waals surface area contributed by atoms with Crippen LogP contribution in [0.3, 0.4) is 0 Å². The van der Waals surface area contributed by atoms with E-state index in [0.29, 0.717) is 18.9 Å². The van der Waals surface area contributed by atoms with Crippen molar-refractivity contribution in [2.45, 2.75) is 12.5 Å². The van der Waals surface area contributed by atoms with E-state index in [4.69, 9.17) is 20.6 Å². The summed E-state index contributed by atoms with van der Waals surface area (Å²) in [5.41, 5.74) is 8.88. The van der Waals surface area contributed by atoms with Gasteiger partial charge in [-0.2, -0.15) is 0 Å². The van der Waals surface area contributed by atoms with Gasteiger partial charge in [0.15, 0.2) is 0 Å². The molecule has 0 radical (unpaired) electrons. The van der Waals surface area contributed by atoms with Gasteiger partial charge in [0, 0.05) is 0 Å². The number of hydrogen-bond acceptors (Lipinski definition) is 5. The fourth-order valence-corrected chi connectivity index (χ4v) is 2.65. The molecule has 0 saturated carbocycles. The second-order valence-electron chi connectivity index (χ2n) is 6.04. The highest BCUT2D eigenvalue weighted by atomic mass is 16.6. The number of nitrogens with two attached hydrogens (primary N) is 1. The van der Waals surface area contributed by atoms with Crippen LogP contribution < -0.4 is 15.8 Å². The monoisotopic (exact) mass is 351 g/mol. The standard InChI is InChI=1S/C20H21N3O3/c21-10-9-19(22)16-5-1-14(2-6-16)11-15-3-7-18(8-4-15)25-12-17-13-26-20(24)23-17/h1-10,17,22H,11-13,21H2,(H,23,24)/t17-/m0/s1. The molecule has 1 saturated heterocycles. The number of cyclic esters (lactones) is 1. The van der Waals surface area contributed by atoms with Crippen LogP contribution in [-0.4, -0.2) is 31.1 Å². The molecule has 3 rings (SSSR count). The highest BCUT2D eigenvalue weighted by Crippen LogP contribution is 2.16. The molecule has 2 aromatic rings. The molecule has 1 atom stereocenters. The first-order chi connectivity index (χ1) is 12.6. The summed E-state index contributed by atoms with van der Waals surface area (Å²) in [5.74, 6) is 0.757. The molecule has 0 unspecified atom stereocenters. The molecule has 0 bridgehead atoms. The Balaban J connectivity index is 1.53. The number of rotatable bonds is 7. The van der Waals surface area contributed by atoms with Crippen molar-refractivity contribution in [1.82, 2.24) is 5.32 Å². The van der Waals surface area contributed by atoms with E-state index in [2.05, 4.69) is 5.32 Å². The van der Waals surface area contributed by atoms with Crippen LogP contribution in [0, 0.1) is 5.41 Å². The Hall–Kier alpha value is -3.28. The van der Waals surface area contributed by atoms with Crippen LogP contribution in [0.2, 0.25) is 0 Å². The smallest absolute Gasteiger partial charge is 0.407 e. The fraction of sp³-hybridized carbons (Fsp3) is 0.200. The van der Waals surface area contributed by atoms with E-state index in [1.165, 1.54) is 11.8 Å². The average molecular weight is 351 g/mol. The summed E-state index contributed by atoms with van der Waals surface area (Å²) in [6, 6.07) is 15.7. The van der Waals surface area contributed by atoms with Crippen LogP contribution in [0.1, 0.15) is 16.7 Å². The lowest BCUT2D eigenvalue weighted by Crippen LogP contribution is -2.32. The predicted octanol–water partition coefficient (Wildman–Crippen LogP) is 2.60. The van der Waals surface area contributed by atoms with Gasteiger partial charge >= 0.3 is 6.09 Å². The molecule has 134 valence electrons. The summed E-state index contributed by atoms with van der Waals surface area (Å²) >= 11 is 0. The molecule has 0 aromatic heterocycles. The lowest BCUT2D eigenvalue weighted by molar-refractivity contribution is 0.174.